The smallest absolute Gasteiger partial charge is 0.320 e. The normalized spacial score (nSPS) is 29.9. The van der Waals surface area contributed by atoms with Crippen molar-refractivity contribution in [2.75, 3.05) is 6.61 Å². The number of carbonyl (C=O) groups excluding carboxylic acids is 2. The van der Waals surface area contributed by atoms with Crippen LogP contribution in [0.1, 0.15) is 59.8 Å². The molecule has 0 amide bonds. The molecule has 1 saturated carbocycles. The summed E-state index contributed by atoms with van der Waals surface area (Å²) >= 11 is 0. The predicted molar refractivity (Wildman–Crippen MR) is 78.9 cm³/mol. The van der Waals surface area contributed by atoms with Crippen molar-refractivity contribution in [3.05, 3.63) is 0 Å². The molecule has 3 nitrogen and oxygen atoms in total. The Kier molecular flexibility index (Phi) is 5.39. The van der Waals surface area contributed by atoms with Crippen molar-refractivity contribution in [3.8, 4) is 12.3 Å². The Bertz CT molecular complexity index is 416. The minimum Gasteiger partial charge on any atom is -0.465 e. The van der Waals surface area contributed by atoms with Crippen LogP contribution in [0.2, 0.25) is 0 Å². The van der Waals surface area contributed by atoms with Gasteiger partial charge in [-0.3, -0.25) is 9.59 Å². The lowest BCUT2D eigenvalue weighted by atomic mass is 9.65. The van der Waals surface area contributed by atoms with Gasteiger partial charge in [-0.1, -0.05) is 20.8 Å². The average Bonchev–Trinajstić information content (AvgIpc) is 2.33. The number of ketones is 1. The molecule has 112 valence electrons. The summed E-state index contributed by atoms with van der Waals surface area (Å²) in [5.74, 6) is 2.30. The van der Waals surface area contributed by atoms with E-state index in [1.54, 1.807) is 6.92 Å². The van der Waals surface area contributed by atoms with Crippen molar-refractivity contribution in [1.29, 1.82) is 0 Å². The summed E-state index contributed by atoms with van der Waals surface area (Å²) in [6.07, 6.45) is 8.25. The van der Waals surface area contributed by atoms with E-state index in [9.17, 15) is 9.59 Å². The lowest BCUT2D eigenvalue weighted by Gasteiger charge is -2.38. The van der Waals surface area contributed by atoms with Crippen LogP contribution in [-0.2, 0) is 14.3 Å². The third-order valence-electron chi connectivity index (χ3n) is 4.23. The second kappa shape index (κ2) is 6.43. The summed E-state index contributed by atoms with van der Waals surface area (Å²) in [6.45, 7) is 8.47. The Morgan fingerprint density at radius 2 is 2.10 bits per heavy atom. The molecule has 1 rings (SSSR count). The second-order valence-corrected chi connectivity index (χ2v) is 6.78. The number of hydrogen-bond acceptors (Lipinski definition) is 3. The molecule has 0 saturated heterocycles. The Morgan fingerprint density at radius 3 is 2.65 bits per heavy atom. The predicted octanol–water partition coefficient (Wildman–Crippen LogP) is 3.36. The second-order valence-electron chi connectivity index (χ2n) is 6.78. The molecule has 0 heterocycles. The molecule has 2 unspecified atom stereocenters. The number of Topliss-reactive ketones (excluding diaryl/α,β-unsaturated/α-hetero) is 1. The SMILES string of the molecule is C#CCC1(C(=O)OCC)CC(C)CC(C)(C)CCC1=O. The summed E-state index contributed by atoms with van der Waals surface area (Å²) in [7, 11) is 0. The third-order valence-corrected chi connectivity index (χ3v) is 4.23. The summed E-state index contributed by atoms with van der Waals surface area (Å²) in [4.78, 5) is 25.0. The zero-order valence-electron chi connectivity index (χ0n) is 13.1. The van der Waals surface area contributed by atoms with Crippen LogP contribution in [0.25, 0.3) is 0 Å². The van der Waals surface area contributed by atoms with E-state index in [2.05, 4.69) is 26.7 Å². The first-order valence-corrected chi connectivity index (χ1v) is 7.41. The zero-order chi connectivity index (χ0) is 15.4. The van der Waals surface area contributed by atoms with Gasteiger partial charge in [0.05, 0.1) is 6.61 Å². The van der Waals surface area contributed by atoms with Crippen molar-refractivity contribution in [3.63, 3.8) is 0 Å². The highest BCUT2D eigenvalue weighted by Crippen LogP contribution is 2.43. The average molecular weight is 278 g/mol. The van der Waals surface area contributed by atoms with E-state index >= 15 is 0 Å². The molecule has 0 aromatic carbocycles. The van der Waals surface area contributed by atoms with Gasteiger partial charge in [-0.25, -0.2) is 0 Å². The van der Waals surface area contributed by atoms with Crippen LogP contribution in [0.3, 0.4) is 0 Å². The van der Waals surface area contributed by atoms with Crippen LogP contribution in [0.5, 0.6) is 0 Å². The highest BCUT2D eigenvalue weighted by atomic mass is 16.5. The molecule has 0 aromatic rings. The molecule has 0 spiro atoms. The molecule has 0 aromatic heterocycles. The van der Waals surface area contributed by atoms with Gasteiger partial charge in [-0.15, -0.1) is 12.3 Å². The number of carbonyl (C=O) groups is 2. The van der Waals surface area contributed by atoms with Gasteiger partial charge in [0.15, 0.2) is 5.78 Å². The van der Waals surface area contributed by atoms with Crippen LogP contribution in [0, 0.1) is 29.1 Å². The van der Waals surface area contributed by atoms with E-state index in [4.69, 9.17) is 11.2 Å². The fraction of sp³-hybridized carbons (Fsp3) is 0.765. The number of rotatable bonds is 3. The zero-order valence-corrected chi connectivity index (χ0v) is 13.1. The first-order chi connectivity index (χ1) is 9.27. The van der Waals surface area contributed by atoms with Crippen molar-refractivity contribution in [2.24, 2.45) is 16.7 Å². The first-order valence-electron chi connectivity index (χ1n) is 7.41. The van der Waals surface area contributed by atoms with Gasteiger partial charge in [0.25, 0.3) is 0 Å². The lowest BCUT2D eigenvalue weighted by Crippen LogP contribution is -2.44. The standard InChI is InChI=1S/C17H26O3/c1-6-9-17(15(19)20-7-2)12-13(3)11-16(4,5)10-8-14(17)18/h1,13H,7-12H2,2-5H3. The van der Waals surface area contributed by atoms with Gasteiger partial charge < -0.3 is 4.74 Å². The summed E-state index contributed by atoms with van der Waals surface area (Å²) < 4.78 is 5.15. The van der Waals surface area contributed by atoms with Crippen molar-refractivity contribution >= 4 is 11.8 Å². The maximum Gasteiger partial charge on any atom is 0.320 e. The Balaban J connectivity index is 3.11. The number of terminal acetylenes is 1. The minimum atomic E-state index is -1.12. The highest BCUT2D eigenvalue weighted by Gasteiger charge is 2.48. The van der Waals surface area contributed by atoms with Crippen LogP contribution in [-0.4, -0.2) is 18.4 Å². The lowest BCUT2D eigenvalue weighted by molar-refractivity contribution is -0.162. The summed E-state index contributed by atoms with van der Waals surface area (Å²) in [5, 5.41) is 0. The molecule has 3 heteroatoms. The molecular weight excluding hydrogens is 252 g/mol. The van der Waals surface area contributed by atoms with E-state index in [0.717, 1.165) is 12.8 Å². The van der Waals surface area contributed by atoms with Gasteiger partial charge >= 0.3 is 5.97 Å². The third kappa shape index (κ3) is 3.62. The van der Waals surface area contributed by atoms with Crippen LogP contribution in [0.4, 0.5) is 0 Å². The molecular formula is C17H26O3. The van der Waals surface area contributed by atoms with Crippen molar-refractivity contribution < 1.29 is 14.3 Å². The van der Waals surface area contributed by atoms with Gasteiger partial charge in [0, 0.05) is 12.8 Å². The van der Waals surface area contributed by atoms with E-state index in [-0.39, 0.29) is 30.1 Å². The number of esters is 1. The molecule has 1 aliphatic carbocycles. The molecule has 0 bridgehead atoms. The number of hydrogen-bond donors (Lipinski definition) is 0. The maximum absolute atomic E-state index is 12.6. The van der Waals surface area contributed by atoms with E-state index in [1.807, 2.05) is 0 Å². The Morgan fingerprint density at radius 1 is 1.45 bits per heavy atom. The minimum absolute atomic E-state index is 0.0477. The van der Waals surface area contributed by atoms with Gasteiger partial charge in [-0.2, -0.15) is 0 Å². The molecule has 0 aliphatic heterocycles. The Hall–Kier alpha value is -1.30. The largest absolute Gasteiger partial charge is 0.465 e. The van der Waals surface area contributed by atoms with E-state index < -0.39 is 11.4 Å². The molecule has 2 atom stereocenters. The van der Waals surface area contributed by atoms with Crippen LogP contribution < -0.4 is 0 Å². The monoisotopic (exact) mass is 278 g/mol. The van der Waals surface area contributed by atoms with Crippen molar-refractivity contribution in [1.82, 2.24) is 0 Å². The molecule has 20 heavy (non-hydrogen) atoms. The topological polar surface area (TPSA) is 43.4 Å². The summed E-state index contributed by atoms with van der Waals surface area (Å²) in [6, 6.07) is 0. The molecule has 0 N–H and O–H groups in total. The van der Waals surface area contributed by atoms with Crippen LogP contribution >= 0.6 is 0 Å². The molecule has 1 fully saturated rings. The molecule has 0 radical (unpaired) electrons. The van der Waals surface area contributed by atoms with Gasteiger partial charge in [0.1, 0.15) is 5.41 Å². The fourth-order valence-corrected chi connectivity index (χ4v) is 3.40. The Labute approximate surface area is 122 Å². The van der Waals surface area contributed by atoms with E-state index in [1.165, 1.54) is 0 Å². The van der Waals surface area contributed by atoms with Gasteiger partial charge in [-0.05, 0) is 37.5 Å². The first kappa shape index (κ1) is 16.8. The summed E-state index contributed by atoms with van der Waals surface area (Å²) in [5.41, 5.74) is -0.993. The number of ether oxygens (including phenoxy) is 1. The molecule has 1 aliphatic rings. The maximum atomic E-state index is 12.6. The van der Waals surface area contributed by atoms with Gasteiger partial charge in [0.2, 0.25) is 0 Å². The quantitative estimate of drug-likeness (QED) is 0.451. The van der Waals surface area contributed by atoms with Crippen molar-refractivity contribution in [2.45, 2.75) is 59.8 Å². The highest BCUT2D eigenvalue weighted by molar-refractivity contribution is 6.04. The fourth-order valence-electron chi connectivity index (χ4n) is 3.40. The van der Waals surface area contributed by atoms with E-state index in [0.29, 0.717) is 12.8 Å². The van der Waals surface area contributed by atoms with Crippen LogP contribution in [0.15, 0.2) is 0 Å².